The fraction of sp³-hybridized carbons (Fsp3) is 0.481. The molecule has 0 aliphatic carbocycles. The molecular weight excluding hydrogens is 1120 g/mol. The number of halogens is 6. The minimum Gasteiger partial charge on any atom is -0.412 e. The minimum atomic E-state index is -3.55. The first kappa shape index (κ1) is 136. The number of rotatable bonds is 6. The summed E-state index contributed by atoms with van der Waals surface area (Å²) in [6.45, 7) is 62.5. The molecule has 0 bridgehead atoms. The summed E-state index contributed by atoms with van der Waals surface area (Å²) in [7, 11) is -1.68. The summed E-state index contributed by atoms with van der Waals surface area (Å²) in [5, 5.41) is 7.00. The summed E-state index contributed by atoms with van der Waals surface area (Å²) in [6.07, 6.45) is 2.13. The second-order valence-corrected chi connectivity index (χ2v) is 10.6. The average Bonchev–Trinajstić information content (AvgIpc) is 3.48. The number of unbranched alkanes of at least 4 members (excludes halogenated alkanes) is 1. The summed E-state index contributed by atoms with van der Waals surface area (Å²) >= 11 is 0. The van der Waals surface area contributed by atoms with Gasteiger partial charge < -0.3 is 50.5 Å². The van der Waals surface area contributed by atoms with Crippen LogP contribution in [0.2, 0.25) is 0 Å². The molecule has 17 nitrogen and oxygen atoms in total. The van der Waals surface area contributed by atoms with Crippen LogP contribution in [-0.4, -0.2) is 110 Å². The van der Waals surface area contributed by atoms with E-state index in [0.717, 1.165) is 51.3 Å². The Morgan fingerprint density at radius 3 is 0.800 bits per heavy atom. The Kier molecular flexibility index (Phi) is 571. The van der Waals surface area contributed by atoms with Crippen LogP contribution in [0.5, 0.6) is 0 Å². The third kappa shape index (κ3) is 340. The van der Waals surface area contributed by atoms with E-state index in [1.807, 2.05) is 13.8 Å². The van der Waals surface area contributed by atoms with Crippen molar-refractivity contribution in [3.05, 3.63) is 181 Å². The molecule has 2 aromatic carbocycles. The summed E-state index contributed by atoms with van der Waals surface area (Å²) < 4.78 is 150. The first-order chi connectivity index (χ1) is 39.0. The molecule has 498 valence electrons. The number of alkyl halides is 5. The van der Waals surface area contributed by atoms with Gasteiger partial charge in [0, 0.05) is 23.3 Å². The van der Waals surface area contributed by atoms with E-state index in [1.54, 1.807) is 59.0 Å². The van der Waals surface area contributed by atoms with E-state index in [4.69, 9.17) is 50.7 Å². The maximum atomic E-state index is 11.1. The number of aryl methyl sites for hydroxylation is 2. The van der Waals surface area contributed by atoms with Crippen molar-refractivity contribution in [1.82, 2.24) is 11.6 Å². The molecule has 0 amide bonds. The molecule has 0 saturated carbocycles. The van der Waals surface area contributed by atoms with Gasteiger partial charge in [-0.25, -0.2) is 8.42 Å². The smallest absolute Gasteiger partial charge is 0.412 e. The number of nitrogens with two attached hydrogens (primary N) is 4. The van der Waals surface area contributed by atoms with E-state index < -0.39 is 54.9 Å². The monoisotopic (exact) mass is 1260 g/mol. The Balaban J connectivity index is -0.0000000162. The Labute approximate surface area is 534 Å². The largest absolute Gasteiger partial charge is 1.00 e. The summed E-state index contributed by atoms with van der Waals surface area (Å²) in [6, 6.07) is 12.9. The first-order valence-corrected chi connectivity index (χ1v) is 22.9. The normalized spacial score (nSPS) is 6.99. The number of hydrazine groups is 1. The van der Waals surface area contributed by atoms with Crippen LogP contribution in [0.15, 0.2) is 164 Å². The molecule has 0 aliphatic heterocycles. The second-order valence-electron chi connectivity index (χ2n) is 6.35. The Bertz CT molecular complexity index is 1350. The maximum absolute atomic E-state index is 11.1. The topological polar surface area (TPSA) is 371 Å². The third-order valence-corrected chi connectivity index (χ3v) is 6.15. The molecule has 0 unspecified atom stereocenters. The number of hydrogen-bond acceptors (Lipinski definition) is 12. The van der Waals surface area contributed by atoms with Crippen LogP contribution in [0.4, 0.5) is 22.0 Å². The summed E-state index contributed by atoms with van der Waals surface area (Å²) in [5.41, 5.74) is 32.6. The van der Waals surface area contributed by atoms with Crippen molar-refractivity contribution in [3.63, 3.8) is 0 Å². The number of benzene rings is 2. The van der Waals surface area contributed by atoms with E-state index in [0.29, 0.717) is 27.6 Å². The van der Waals surface area contributed by atoms with Crippen LogP contribution in [0.25, 0.3) is 16.0 Å². The molecule has 2 aromatic rings. The van der Waals surface area contributed by atoms with Gasteiger partial charge in [-0.1, -0.05) is 113 Å². The fourth-order valence-electron chi connectivity index (χ4n) is 1.79. The van der Waals surface area contributed by atoms with Crippen LogP contribution in [0.3, 0.4) is 0 Å². The fourth-order valence-corrected chi connectivity index (χ4v) is 3.22. The molecule has 0 aromatic heterocycles. The van der Waals surface area contributed by atoms with E-state index in [2.05, 4.69) is 126 Å². The molecule has 17 N–H and O–H groups in total. The molecule has 0 atom stereocenters. The molecule has 0 aliphatic rings. The molecule has 2 rings (SSSR count). The van der Waals surface area contributed by atoms with Crippen LogP contribution < -0.4 is 64.2 Å². The van der Waals surface area contributed by atoms with Crippen LogP contribution in [0.1, 0.15) is 114 Å². The van der Waals surface area contributed by atoms with Crippen molar-refractivity contribution < 1.29 is 101 Å². The number of hydrogen-bond donors (Lipinski definition) is 7. The van der Waals surface area contributed by atoms with Gasteiger partial charge in [0.05, 0.1) is 59.5 Å². The van der Waals surface area contributed by atoms with Crippen molar-refractivity contribution in [2.45, 2.75) is 114 Å². The zero-order chi connectivity index (χ0) is 72.3. The number of aliphatic hydroxyl groups is 1. The van der Waals surface area contributed by atoms with Crippen molar-refractivity contribution in [2.24, 2.45) is 23.0 Å². The van der Waals surface area contributed by atoms with Crippen LogP contribution >= 0.6 is 10.7 Å². The molecule has 80 heavy (non-hydrogen) atoms. The van der Waals surface area contributed by atoms with Crippen molar-refractivity contribution in [3.8, 4) is 0 Å². The van der Waals surface area contributed by atoms with Gasteiger partial charge in [0.15, 0.2) is 0 Å². The van der Waals surface area contributed by atoms with Gasteiger partial charge in [-0.15, -0.1) is 105 Å². The van der Waals surface area contributed by atoms with Gasteiger partial charge in [0.2, 0.25) is 0 Å². The number of aliphatic hydroxyl groups excluding tert-OH is 1. The Hall–Kier alpha value is -3.89. The van der Waals surface area contributed by atoms with Crippen molar-refractivity contribution in [1.29, 1.82) is 0 Å². The molecule has 0 spiro atoms. The molecule has 26 heteroatoms. The predicted octanol–water partition coefficient (Wildman–Crippen LogP) is 12.9. The van der Waals surface area contributed by atoms with Gasteiger partial charge >= 0.3 is 29.6 Å². The molecule has 0 heterocycles. The SMILES string of the molecule is C.C.C.C=C.C=C.C=C.C=C.C=C.C=C.C=C.C=C.CN.CNN.CO.COS(=O)(=O)c1ccc(C)cc1.Cc1ccc(S(=O)(=O)Cl)cc1.N.NCCCCN.O.O.[2H]CC.[2H]CC.[2H]CC.[2H]CC.[2H]CF.[2H]CF.[2H]CF.[2H]CF.[2H]CF.[N-]=[N+]=[N-].[Na+]. The Morgan fingerprint density at radius 1 is 0.575 bits per heavy atom. The van der Waals surface area contributed by atoms with E-state index in [-0.39, 0.29) is 78.7 Å². The summed E-state index contributed by atoms with van der Waals surface area (Å²) in [4.78, 5) is 1.83. The minimum absolute atomic E-state index is 0. The molecular formula is C54H134ClF5N9NaO8S2. The average molecular weight is 1260 g/mol. The second kappa shape index (κ2) is 335. The van der Waals surface area contributed by atoms with Crippen molar-refractivity contribution >= 4 is 29.9 Å². The molecule has 0 fully saturated rings. The van der Waals surface area contributed by atoms with Crippen molar-refractivity contribution in [2.75, 3.05) is 77.2 Å². The zero-order valence-electron chi connectivity index (χ0n) is 58.6. The third-order valence-electron chi connectivity index (χ3n) is 3.49. The Morgan fingerprint density at radius 2 is 0.700 bits per heavy atom. The number of nitrogens with one attached hydrogen (secondary N) is 1. The van der Waals surface area contributed by atoms with Crippen LogP contribution in [-0.2, 0) is 23.4 Å². The van der Waals surface area contributed by atoms with Gasteiger partial charge in [-0.2, -0.15) is 8.42 Å². The zero-order valence-corrected chi connectivity index (χ0v) is 53.9. The van der Waals surface area contributed by atoms with E-state index in [1.165, 1.54) is 36.2 Å². The van der Waals surface area contributed by atoms with Gasteiger partial charge in [0.25, 0.3) is 19.2 Å². The first-order valence-electron chi connectivity index (χ1n) is 25.5. The van der Waals surface area contributed by atoms with Gasteiger partial charge in [-0.3, -0.25) is 42.3 Å². The van der Waals surface area contributed by atoms with Gasteiger partial charge in [0.1, 0.15) is 0 Å². The van der Waals surface area contributed by atoms with E-state index >= 15 is 0 Å². The summed E-state index contributed by atoms with van der Waals surface area (Å²) in [5.74, 6) is 4.60. The number of nitrogens with zero attached hydrogens (tertiary/aromatic N) is 3. The van der Waals surface area contributed by atoms with Gasteiger partial charge in [-0.05, 0) is 78.1 Å². The molecule has 0 radical (unpaired) electrons. The maximum Gasteiger partial charge on any atom is 1.00 e. The quantitative estimate of drug-likeness (QED) is 0.0121. The standard InChI is InChI=1S/C8H10O3S.C7H7ClO2S.C4H12N2.4C2H6.8C2H4.5CH3F.CH6N2.CH5N.CH4O.3CH4.N3.H3N.Na.2H2O/c1-7-3-5-8(6-4-7)12(9,10)11-2;1-6-2-4-7(5-3-6)11(8,9)10;5-3-1-2-4-6;17*1-2;1-3-2;2*1-2;;;;1-3-2;;;;/h3-6H,1-2H3;2-5H,1H3;1-6H2;4*1-2H3;8*1-2H2;5*1H3;3H,2H2,1H3;2H2,1H3;2H,1H3;3*1H4;;1H3;;2*1H2/q;;;;;;;;;;;;;;;;;;;;;;;;;;-1;;+1;;/i;;;4*1D;;;;;;;;;5*1D;;;;;;;;;;;. The van der Waals surface area contributed by atoms with Crippen LogP contribution in [0, 0.1) is 13.8 Å². The van der Waals surface area contributed by atoms with E-state index in [9.17, 15) is 38.8 Å². The molecule has 0 saturated heterocycles. The predicted molar refractivity (Wildman–Crippen MR) is 362 cm³/mol.